The average Bonchev–Trinajstić information content (AvgIpc) is 2.67. The molecular formula is C18H21FN4O4S. The van der Waals surface area contributed by atoms with E-state index in [1.54, 1.807) is 24.3 Å². The Hall–Kier alpha value is -2.98. The van der Waals surface area contributed by atoms with Crippen LogP contribution in [-0.2, 0) is 33.5 Å². The lowest BCUT2D eigenvalue weighted by Gasteiger charge is -2.10. The number of amides is 3. The van der Waals surface area contributed by atoms with Gasteiger partial charge in [-0.3, -0.25) is 10.2 Å². The van der Waals surface area contributed by atoms with E-state index in [0.717, 1.165) is 5.56 Å². The van der Waals surface area contributed by atoms with E-state index < -0.39 is 27.8 Å². The van der Waals surface area contributed by atoms with Gasteiger partial charge in [0.1, 0.15) is 5.82 Å². The molecular weight excluding hydrogens is 387 g/mol. The number of hydrogen-bond donors (Lipinski definition) is 4. The lowest BCUT2D eigenvalue weighted by molar-refractivity contribution is -0.121. The summed E-state index contributed by atoms with van der Waals surface area (Å²) in [6.45, 7) is 0.193. The molecule has 2 rings (SSSR count). The van der Waals surface area contributed by atoms with Gasteiger partial charge in [-0.25, -0.2) is 27.8 Å². The monoisotopic (exact) mass is 408 g/mol. The molecule has 0 fully saturated rings. The maximum Gasteiger partial charge on any atom is 0.333 e. The molecule has 2 aromatic carbocycles. The number of carbonyl (C=O) groups is 2. The second kappa shape index (κ2) is 9.81. The normalized spacial score (nSPS) is 10.9. The lowest BCUT2D eigenvalue weighted by atomic mass is 10.1. The molecule has 8 nitrogen and oxygen atoms in total. The van der Waals surface area contributed by atoms with Crippen molar-refractivity contribution >= 4 is 22.0 Å². The van der Waals surface area contributed by atoms with Gasteiger partial charge in [0, 0.05) is 6.54 Å². The first-order valence-electron chi connectivity index (χ1n) is 8.33. The fourth-order valence-corrected chi connectivity index (χ4v) is 3.01. The van der Waals surface area contributed by atoms with Crippen LogP contribution in [0.25, 0.3) is 0 Å². The van der Waals surface area contributed by atoms with Crippen LogP contribution in [0.5, 0.6) is 0 Å². The Kier molecular flexibility index (Phi) is 7.47. The number of sulfonamides is 1. The van der Waals surface area contributed by atoms with E-state index >= 15 is 0 Å². The summed E-state index contributed by atoms with van der Waals surface area (Å²) in [6.07, 6.45) is -0.00243. The highest BCUT2D eigenvalue weighted by Gasteiger charge is 2.09. The van der Waals surface area contributed by atoms with E-state index in [2.05, 4.69) is 20.9 Å². The van der Waals surface area contributed by atoms with Crippen molar-refractivity contribution in [3.05, 3.63) is 71.0 Å². The number of urea groups is 1. The van der Waals surface area contributed by atoms with Crippen LogP contribution in [-0.4, -0.2) is 27.4 Å². The summed E-state index contributed by atoms with van der Waals surface area (Å²) in [5.41, 5.74) is 6.47. The molecule has 0 radical (unpaired) electrons. The predicted molar refractivity (Wildman–Crippen MR) is 102 cm³/mol. The van der Waals surface area contributed by atoms with Crippen molar-refractivity contribution in [3.63, 3.8) is 0 Å². The molecule has 0 saturated carbocycles. The largest absolute Gasteiger partial charge is 0.333 e. The van der Waals surface area contributed by atoms with Crippen LogP contribution in [0.4, 0.5) is 9.18 Å². The van der Waals surface area contributed by atoms with Gasteiger partial charge in [0.25, 0.3) is 0 Å². The number of nitrogens with one attached hydrogen (secondary N) is 4. The zero-order chi connectivity index (χ0) is 20.6. The Morgan fingerprint density at radius 2 is 1.46 bits per heavy atom. The van der Waals surface area contributed by atoms with Crippen molar-refractivity contribution in [2.75, 3.05) is 7.05 Å². The average molecular weight is 408 g/mol. The first-order chi connectivity index (χ1) is 13.3. The van der Waals surface area contributed by atoms with Gasteiger partial charge in [-0.2, -0.15) is 0 Å². The number of hydrogen-bond acceptors (Lipinski definition) is 4. The van der Waals surface area contributed by atoms with Gasteiger partial charge in [0.15, 0.2) is 0 Å². The Morgan fingerprint density at radius 1 is 0.893 bits per heavy atom. The number of benzene rings is 2. The van der Waals surface area contributed by atoms with Crippen molar-refractivity contribution in [2.24, 2.45) is 0 Å². The molecule has 150 valence electrons. The summed E-state index contributed by atoms with van der Waals surface area (Å²) < 4.78 is 38.1. The summed E-state index contributed by atoms with van der Waals surface area (Å²) in [4.78, 5) is 23.5. The van der Waals surface area contributed by atoms with Crippen LogP contribution in [0.1, 0.15) is 16.7 Å². The van der Waals surface area contributed by atoms with Gasteiger partial charge in [0.2, 0.25) is 15.9 Å². The van der Waals surface area contributed by atoms with Crippen LogP contribution in [0.15, 0.2) is 48.5 Å². The summed E-state index contributed by atoms with van der Waals surface area (Å²) in [6, 6.07) is 11.6. The maximum absolute atomic E-state index is 12.8. The van der Waals surface area contributed by atoms with Crippen molar-refractivity contribution < 1.29 is 22.4 Å². The molecule has 0 aliphatic carbocycles. The zero-order valence-electron chi connectivity index (χ0n) is 15.2. The second-order valence-electron chi connectivity index (χ2n) is 5.94. The number of halogens is 1. The van der Waals surface area contributed by atoms with Crippen LogP contribution in [0, 0.1) is 5.82 Å². The number of hydrazine groups is 1. The first kappa shape index (κ1) is 21.3. The molecule has 28 heavy (non-hydrogen) atoms. The fourth-order valence-electron chi connectivity index (χ4n) is 2.23. The third-order valence-electron chi connectivity index (χ3n) is 3.74. The Labute approximate surface area is 162 Å². The molecule has 0 aliphatic heterocycles. The molecule has 2 aromatic rings. The molecule has 4 N–H and O–H groups in total. The van der Waals surface area contributed by atoms with Gasteiger partial charge < -0.3 is 5.32 Å². The van der Waals surface area contributed by atoms with E-state index in [9.17, 15) is 22.4 Å². The van der Waals surface area contributed by atoms with E-state index in [4.69, 9.17) is 0 Å². The molecule has 10 heteroatoms. The molecule has 0 heterocycles. The van der Waals surface area contributed by atoms with Gasteiger partial charge in [0.05, 0.1) is 12.2 Å². The molecule has 0 aliphatic rings. The lowest BCUT2D eigenvalue weighted by Crippen LogP contribution is -2.47. The molecule has 3 amide bonds. The SMILES string of the molecule is CNS(=O)(=O)Cc1ccc(CNC(=O)NNC(=O)Cc2ccc(F)cc2)cc1. The minimum absolute atomic E-state index is 0.00243. The van der Waals surface area contributed by atoms with E-state index in [1.807, 2.05) is 0 Å². The Morgan fingerprint density at radius 3 is 2.07 bits per heavy atom. The molecule has 0 spiro atoms. The minimum atomic E-state index is -3.34. The second-order valence-corrected chi connectivity index (χ2v) is 7.87. The third kappa shape index (κ3) is 7.33. The van der Waals surface area contributed by atoms with Crippen molar-refractivity contribution in [2.45, 2.75) is 18.7 Å². The first-order valence-corrected chi connectivity index (χ1v) is 9.99. The summed E-state index contributed by atoms with van der Waals surface area (Å²) in [5.74, 6) is -0.965. The molecule has 0 bridgehead atoms. The quantitative estimate of drug-likeness (QED) is 0.511. The van der Waals surface area contributed by atoms with E-state index in [-0.39, 0.29) is 18.7 Å². The highest BCUT2D eigenvalue weighted by Crippen LogP contribution is 2.07. The highest BCUT2D eigenvalue weighted by atomic mass is 32.2. The van der Waals surface area contributed by atoms with Gasteiger partial charge in [-0.1, -0.05) is 36.4 Å². The highest BCUT2D eigenvalue weighted by molar-refractivity contribution is 7.88. The number of carbonyl (C=O) groups excluding carboxylic acids is 2. The van der Waals surface area contributed by atoms with Crippen LogP contribution in [0.2, 0.25) is 0 Å². The zero-order valence-corrected chi connectivity index (χ0v) is 16.0. The minimum Gasteiger partial charge on any atom is -0.333 e. The number of rotatable bonds is 7. The molecule has 0 aromatic heterocycles. The van der Waals surface area contributed by atoms with Gasteiger partial charge in [-0.05, 0) is 35.9 Å². The van der Waals surface area contributed by atoms with Crippen molar-refractivity contribution in [1.29, 1.82) is 0 Å². The maximum atomic E-state index is 12.8. The van der Waals surface area contributed by atoms with Gasteiger partial charge >= 0.3 is 6.03 Å². The summed E-state index contributed by atoms with van der Waals surface area (Å²) in [7, 11) is -1.99. The predicted octanol–water partition coefficient (Wildman–Crippen LogP) is 0.948. The van der Waals surface area contributed by atoms with Crippen molar-refractivity contribution in [1.82, 2.24) is 20.9 Å². The van der Waals surface area contributed by atoms with Crippen LogP contribution >= 0.6 is 0 Å². The van der Waals surface area contributed by atoms with Crippen molar-refractivity contribution in [3.8, 4) is 0 Å². The van der Waals surface area contributed by atoms with E-state index in [0.29, 0.717) is 11.1 Å². The van der Waals surface area contributed by atoms with Gasteiger partial charge in [-0.15, -0.1) is 0 Å². The smallest absolute Gasteiger partial charge is 0.333 e. The Balaban J connectivity index is 1.73. The topological polar surface area (TPSA) is 116 Å². The summed E-state index contributed by atoms with van der Waals surface area (Å²) >= 11 is 0. The Bertz CT molecular complexity index is 916. The standard InChI is InChI=1S/C18H21FN4O4S/c1-20-28(26,27)12-15-4-2-14(3-5-15)11-21-18(25)23-22-17(24)10-13-6-8-16(19)9-7-13/h2-9,20H,10-12H2,1H3,(H,22,24)(H2,21,23,25). The van der Waals surface area contributed by atoms with Crippen LogP contribution < -0.4 is 20.9 Å². The molecule has 0 atom stereocenters. The van der Waals surface area contributed by atoms with E-state index in [1.165, 1.54) is 31.3 Å². The van der Waals surface area contributed by atoms with Crippen LogP contribution in [0.3, 0.4) is 0 Å². The molecule has 0 unspecified atom stereocenters. The third-order valence-corrected chi connectivity index (χ3v) is 5.07. The molecule has 0 saturated heterocycles. The summed E-state index contributed by atoms with van der Waals surface area (Å²) in [5, 5.41) is 2.56. The fraction of sp³-hybridized carbons (Fsp3) is 0.222.